The maximum absolute atomic E-state index is 15.5. The van der Waals surface area contributed by atoms with Gasteiger partial charge in [0.25, 0.3) is 0 Å². The van der Waals surface area contributed by atoms with Crippen molar-refractivity contribution in [1.29, 1.82) is 0 Å². The van der Waals surface area contributed by atoms with E-state index < -0.39 is 36.3 Å². The standard InChI is InChI=1S/C29H33F2N5O4/c1-5-40-26(38)12-23(35-25(37)15-33-29(39)36-24-14-32-7-6-19(24)13-34-36)22-11-20(8-18(4)28(22)31)27-16(2)9-21(30)10-17(27)3/h8-11,13,23,32H,5-7,12,14-15H2,1-4H3,(H,33,39)(H,35,37). The summed E-state index contributed by atoms with van der Waals surface area (Å²) in [5.41, 5.74) is 4.75. The summed E-state index contributed by atoms with van der Waals surface area (Å²) < 4.78 is 35.7. The Morgan fingerprint density at radius 3 is 2.52 bits per heavy atom. The molecule has 1 aliphatic rings. The molecular weight excluding hydrogens is 520 g/mol. The van der Waals surface area contributed by atoms with Gasteiger partial charge in [-0.2, -0.15) is 9.78 Å². The maximum atomic E-state index is 15.5. The molecule has 2 aromatic carbocycles. The Morgan fingerprint density at radius 2 is 1.82 bits per heavy atom. The summed E-state index contributed by atoms with van der Waals surface area (Å²) in [5.74, 6) is -2.21. The van der Waals surface area contributed by atoms with Crippen LogP contribution in [0.25, 0.3) is 11.1 Å². The van der Waals surface area contributed by atoms with Crippen LogP contribution in [0.4, 0.5) is 13.6 Å². The summed E-state index contributed by atoms with van der Waals surface area (Å²) in [6, 6.07) is 4.34. The summed E-state index contributed by atoms with van der Waals surface area (Å²) in [6.07, 6.45) is 2.06. The molecule has 1 aliphatic heterocycles. The van der Waals surface area contributed by atoms with Gasteiger partial charge in [-0.1, -0.05) is 0 Å². The number of fused-ring (bicyclic) bond motifs is 1. The van der Waals surface area contributed by atoms with Gasteiger partial charge in [0.05, 0.1) is 37.5 Å². The number of halogens is 2. The fraction of sp³-hybridized carbons (Fsp3) is 0.379. The highest BCUT2D eigenvalue weighted by Gasteiger charge is 2.26. The number of ether oxygens (including phenoxy) is 1. The number of nitrogens with one attached hydrogen (secondary N) is 3. The minimum atomic E-state index is -1.08. The second kappa shape index (κ2) is 12.4. The van der Waals surface area contributed by atoms with Gasteiger partial charge in [-0.05, 0) is 98.3 Å². The van der Waals surface area contributed by atoms with Crippen molar-refractivity contribution in [2.45, 2.75) is 53.1 Å². The van der Waals surface area contributed by atoms with Gasteiger partial charge >= 0.3 is 12.0 Å². The van der Waals surface area contributed by atoms with Crippen LogP contribution in [0.3, 0.4) is 0 Å². The number of aromatic nitrogens is 2. The fourth-order valence-corrected chi connectivity index (χ4v) is 5.07. The fourth-order valence-electron chi connectivity index (χ4n) is 5.07. The van der Waals surface area contributed by atoms with Crippen LogP contribution >= 0.6 is 0 Å². The lowest BCUT2D eigenvalue weighted by Gasteiger charge is -2.22. The summed E-state index contributed by atoms with van der Waals surface area (Å²) in [5, 5.41) is 12.5. The van der Waals surface area contributed by atoms with Crippen LogP contribution in [0, 0.1) is 32.4 Å². The molecule has 0 radical (unpaired) electrons. The van der Waals surface area contributed by atoms with Crippen LogP contribution in [0.1, 0.15) is 52.9 Å². The van der Waals surface area contributed by atoms with E-state index in [1.54, 1.807) is 46.0 Å². The van der Waals surface area contributed by atoms with Crippen molar-refractivity contribution < 1.29 is 27.9 Å². The third kappa shape index (κ3) is 6.36. The number of rotatable bonds is 8. The van der Waals surface area contributed by atoms with E-state index >= 15 is 4.39 Å². The highest BCUT2D eigenvalue weighted by Crippen LogP contribution is 2.33. The van der Waals surface area contributed by atoms with Gasteiger partial charge in [0.1, 0.15) is 11.6 Å². The molecule has 40 heavy (non-hydrogen) atoms. The first kappa shape index (κ1) is 28.9. The van der Waals surface area contributed by atoms with Crippen molar-refractivity contribution in [3.63, 3.8) is 0 Å². The molecule has 9 nitrogen and oxygen atoms in total. The summed E-state index contributed by atoms with van der Waals surface area (Å²) >= 11 is 0. The average molecular weight is 554 g/mol. The molecule has 1 unspecified atom stereocenters. The van der Waals surface area contributed by atoms with Gasteiger partial charge < -0.3 is 20.7 Å². The van der Waals surface area contributed by atoms with Crippen molar-refractivity contribution in [3.05, 3.63) is 75.6 Å². The molecule has 1 aromatic heterocycles. The Kier molecular flexibility index (Phi) is 8.93. The summed E-state index contributed by atoms with van der Waals surface area (Å²) in [4.78, 5) is 38.1. The molecule has 0 saturated carbocycles. The van der Waals surface area contributed by atoms with Gasteiger partial charge in [-0.15, -0.1) is 0 Å². The van der Waals surface area contributed by atoms with Gasteiger partial charge in [-0.3, -0.25) is 9.59 Å². The molecule has 3 aromatic rings. The first-order chi connectivity index (χ1) is 19.1. The van der Waals surface area contributed by atoms with Crippen LogP contribution in [-0.4, -0.2) is 47.4 Å². The highest BCUT2D eigenvalue weighted by molar-refractivity contribution is 5.85. The number of hydrogen-bond donors (Lipinski definition) is 3. The monoisotopic (exact) mass is 553 g/mol. The zero-order chi connectivity index (χ0) is 29.0. The lowest BCUT2D eigenvalue weighted by Crippen LogP contribution is -2.42. The predicted molar refractivity (Wildman–Crippen MR) is 145 cm³/mol. The smallest absolute Gasteiger partial charge is 0.342 e. The molecule has 11 heteroatoms. The van der Waals surface area contributed by atoms with Crippen molar-refractivity contribution >= 4 is 17.9 Å². The SMILES string of the molecule is CCOC(=O)CC(NC(=O)CNC(=O)n1ncc2c1CNCC2)c1cc(-c2c(C)cc(F)cc2C)cc(C)c1F. The van der Waals surface area contributed by atoms with E-state index in [1.165, 1.54) is 16.8 Å². The third-order valence-corrected chi connectivity index (χ3v) is 6.87. The topological polar surface area (TPSA) is 114 Å². The maximum Gasteiger partial charge on any atom is 0.342 e. The number of carbonyl (C=O) groups is 3. The Labute approximate surface area is 231 Å². The Bertz CT molecular complexity index is 1430. The van der Waals surface area contributed by atoms with Gasteiger partial charge in [0.2, 0.25) is 5.91 Å². The minimum Gasteiger partial charge on any atom is -0.466 e. The molecule has 0 saturated heterocycles. The van der Waals surface area contributed by atoms with E-state index in [9.17, 15) is 18.8 Å². The normalized spacial score (nSPS) is 13.3. The van der Waals surface area contributed by atoms with Crippen LogP contribution in [-0.2, 0) is 27.3 Å². The lowest BCUT2D eigenvalue weighted by atomic mass is 9.90. The second-order valence-electron chi connectivity index (χ2n) is 9.85. The second-order valence-corrected chi connectivity index (χ2v) is 9.85. The molecule has 0 fully saturated rings. The van der Waals surface area contributed by atoms with Crippen molar-refractivity contribution in [2.75, 3.05) is 19.7 Å². The average Bonchev–Trinajstić information content (AvgIpc) is 3.33. The summed E-state index contributed by atoms with van der Waals surface area (Å²) in [7, 11) is 0. The van der Waals surface area contributed by atoms with Crippen LogP contribution in [0.2, 0.25) is 0 Å². The predicted octanol–water partition coefficient (Wildman–Crippen LogP) is 3.77. The number of esters is 1. The number of nitrogens with zero attached hydrogens (tertiary/aromatic N) is 2. The third-order valence-electron chi connectivity index (χ3n) is 6.87. The molecule has 212 valence electrons. The number of carbonyl (C=O) groups excluding carboxylic acids is 3. The number of amides is 2. The lowest BCUT2D eigenvalue weighted by molar-refractivity contribution is -0.143. The quantitative estimate of drug-likeness (QED) is 0.366. The Hall–Kier alpha value is -4.12. The van der Waals surface area contributed by atoms with Crippen LogP contribution in [0.5, 0.6) is 0 Å². The van der Waals surface area contributed by atoms with Crippen LogP contribution in [0.15, 0.2) is 30.5 Å². The van der Waals surface area contributed by atoms with Crippen molar-refractivity contribution in [1.82, 2.24) is 25.7 Å². The van der Waals surface area contributed by atoms with Gasteiger partial charge in [0, 0.05) is 12.1 Å². The molecule has 0 bridgehead atoms. The molecule has 0 spiro atoms. The van der Waals surface area contributed by atoms with E-state index in [0.717, 1.165) is 29.8 Å². The molecule has 1 atom stereocenters. The highest BCUT2D eigenvalue weighted by atomic mass is 19.1. The van der Waals surface area contributed by atoms with Crippen molar-refractivity contribution in [3.8, 4) is 11.1 Å². The molecule has 2 amide bonds. The zero-order valence-corrected chi connectivity index (χ0v) is 23.0. The molecule has 4 rings (SSSR count). The van der Waals surface area contributed by atoms with E-state index in [-0.39, 0.29) is 24.4 Å². The minimum absolute atomic E-state index is 0.0816. The van der Waals surface area contributed by atoms with E-state index in [0.29, 0.717) is 28.8 Å². The largest absolute Gasteiger partial charge is 0.466 e. The first-order valence-electron chi connectivity index (χ1n) is 13.2. The molecule has 2 heterocycles. The van der Waals surface area contributed by atoms with E-state index in [1.807, 2.05) is 0 Å². The molecule has 0 aliphatic carbocycles. The van der Waals surface area contributed by atoms with Crippen molar-refractivity contribution in [2.24, 2.45) is 0 Å². The number of aryl methyl sites for hydroxylation is 3. The van der Waals surface area contributed by atoms with Crippen LogP contribution < -0.4 is 16.0 Å². The summed E-state index contributed by atoms with van der Waals surface area (Å²) in [6.45, 7) is 7.73. The Morgan fingerprint density at radius 1 is 1.10 bits per heavy atom. The van der Waals surface area contributed by atoms with E-state index in [4.69, 9.17) is 4.74 Å². The Balaban J connectivity index is 1.58. The zero-order valence-electron chi connectivity index (χ0n) is 23.0. The van der Waals surface area contributed by atoms with Gasteiger partial charge in [0.15, 0.2) is 0 Å². The van der Waals surface area contributed by atoms with E-state index in [2.05, 4.69) is 21.0 Å². The number of hydrogen-bond acceptors (Lipinski definition) is 6. The van der Waals surface area contributed by atoms with Gasteiger partial charge in [-0.25, -0.2) is 13.6 Å². The molecular formula is C29H33F2N5O4. The molecule has 3 N–H and O–H groups in total. The first-order valence-corrected chi connectivity index (χ1v) is 13.2. The number of benzene rings is 2.